The monoisotopic (exact) mass is 226 g/mol. The first-order valence-corrected chi connectivity index (χ1v) is 5.84. The van der Waals surface area contributed by atoms with Crippen molar-refractivity contribution in [1.29, 1.82) is 0 Å². The van der Waals surface area contributed by atoms with Crippen LogP contribution in [-0.4, -0.2) is 12.5 Å². The molecule has 3 N–H and O–H groups in total. The van der Waals surface area contributed by atoms with Gasteiger partial charge in [0.05, 0.1) is 5.56 Å². The molecule has 1 heterocycles. The molecule has 0 unspecified atom stereocenters. The Morgan fingerprint density at radius 1 is 1.53 bits per heavy atom. The molecule has 4 heteroatoms. The molecule has 3 nitrogen and oxygen atoms in total. The van der Waals surface area contributed by atoms with Gasteiger partial charge in [0, 0.05) is 23.3 Å². The first-order chi connectivity index (χ1) is 6.88. The molecule has 0 spiro atoms. The van der Waals surface area contributed by atoms with Gasteiger partial charge in [-0.15, -0.1) is 11.3 Å². The molecule has 0 radical (unpaired) electrons. The molecule has 0 bridgehead atoms. The average Bonchev–Trinajstić information content (AvgIpc) is 2.50. The normalized spacial score (nSPS) is 11.7. The van der Waals surface area contributed by atoms with E-state index in [4.69, 9.17) is 5.73 Å². The molecule has 0 aromatic carbocycles. The minimum Gasteiger partial charge on any atom is -0.366 e. The highest BCUT2D eigenvalue weighted by Crippen LogP contribution is 2.15. The van der Waals surface area contributed by atoms with Crippen LogP contribution in [0.2, 0.25) is 0 Å². The van der Waals surface area contributed by atoms with Crippen molar-refractivity contribution < 1.29 is 4.79 Å². The fourth-order valence-electron chi connectivity index (χ4n) is 1.16. The van der Waals surface area contributed by atoms with E-state index < -0.39 is 0 Å². The van der Waals surface area contributed by atoms with Crippen molar-refractivity contribution in [3.63, 3.8) is 0 Å². The quantitative estimate of drug-likeness (QED) is 0.825. The maximum atomic E-state index is 10.9. The lowest BCUT2D eigenvalue weighted by molar-refractivity contribution is 0.100. The lowest BCUT2D eigenvalue weighted by Gasteiger charge is -2.18. The van der Waals surface area contributed by atoms with Crippen LogP contribution in [0.25, 0.3) is 0 Å². The standard InChI is InChI=1S/C11H18N2OS/c1-11(2,3)7-13-5-9-4-8(6-15-9)10(12)14/h4,6,13H,5,7H2,1-3H3,(H2,12,14). The molecular weight excluding hydrogens is 208 g/mol. The second-order valence-corrected chi connectivity index (χ2v) is 5.83. The highest BCUT2D eigenvalue weighted by molar-refractivity contribution is 7.10. The zero-order valence-electron chi connectivity index (χ0n) is 9.46. The molecule has 0 aliphatic rings. The van der Waals surface area contributed by atoms with Crippen LogP contribution in [0, 0.1) is 5.41 Å². The predicted molar refractivity (Wildman–Crippen MR) is 64.0 cm³/mol. The van der Waals surface area contributed by atoms with Crippen LogP contribution in [0.4, 0.5) is 0 Å². The Morgan fingerprint density at radius 2 is 2.20 bits per heavy atom. The van der Waals surface area contributed by atoms with Crippen LogP contribution in [0.15, 0.2) is 11.4 Å². The van der Waals surface area contributed by atoms with Crippen molar-refractivity contribution in [3.8, 4) is 0 Å². The van der Waals surface area contributed by atoms with Gasteiger partial charge in [-0.05, 0) is 11.5 Å². The smallest absolute Gasteiger partial charge is 0.249 e. The van der Waals surface area contributed by atoms with Gasteiger partial charge >= 0.3 is 0 Å². The fourth-order valence-corrected chi connectivity index (χ4v) is 2.01. The molecule has 0 aliphatic carbocycles. The number of hydrogen-bond donors (Lipinski definition) is 2. The maximum Gasteiger partial charge on any atom is 0.249 e. The van der Waals surface area contributed by atoms with Crippen molar-refractivity contribution in [1.82, 2.24) is 5.32 Å². The third-order valence-corrected chi connectivity index (χ3v) is 2.83. The van der Waals surface area contributed by atoms with Crippen LogP contribution < -0.4 is 11.1 Å². The van der Waals surface area contributed by atoms with Gasteiger partial charge < -0.3 is 11.1 Å². The second-order valence-electron chi connectivity index (χ2n) is 4.83. The lowest BCUT2D eigenvalue weighted by atomic mass is 9.97. The summed E-state index contributed by atoms with van der Waals surface area (Å²) in [7, 11) is 0. The molecule has 0 saturated heterocycles. The summed E-state index contributed by atoms with van der Waals surface area (Å²) in [6.07, 6.45) is 0. The topological polar surface area (TPSA) is 55.1 Å². The Labute approximate surface area is 94.7 Å². The number of nitrogens with one attached hydrogen (secondary N) is 1. The SMILES string of the molecule is CC(C)(C)CNCc1cc(C(N)=O)cs1. The predicted octanol–water partition coefficient (Wildman–Crippen LogP) is 1.98. The summed E-state index contributed by atoms with van der Waals surface area (Å²) in [6, 6.07) is 1.85. The van der Waals surface area contributed by atoms with E-state index in [1.54, 1.807) is 16.7 Å². The van der Waals surface area contributed by atoms with E-state index in [1.807, 2.05) is 6.07 Å². The van der Waals surface area contributed by atoms with Gasteiger partial charge in [-0.1, -0.05) is 20.8 Å². The van der Waals surface area contributed by atoms with Crippen molar-refractivity contribution >= 4 is 17.2 Å². The molecule has 15 heavy (non-hydrogen) atoms. The second kappa shape index (κ2) is 4.77. The van der Waals surface area contributed by atoms with Gasteiger partial charge in [-0.3, -0.25) is 4.79 Å². The first kappa shape index (κ1) is 12.2. The number of nitrogens with two attached hydrogens (primary N) is 1. The summed E-state index contributed by atoms with van der Waals surface area (Å²) in [5, 5.41) is 5.15. The molecule has 0 aliphatic heterocycles. The van der Waals surface area contributed by atoms with Crippen LogP contribution >= 0.6 is 11.3 Å². The Hall–Kier alpha value is -0.870. The molecule has 0 fully saturated rings. The Balaban J connectivity index is 2.41. The minimum absolute atomic E-state index is 0.282. The molecule has 84 valence electrons. The van der Waals surface area contributed by atoms with Gasteiger partial charge in [0.2, 0.25) is 5.91 Å². The third kappa shape index (κ3) is 4.44. The Bertz CT molecular complexity index is 339. The zero-order chi connectivity index (χ0) is 11.5. The largest absolute Gasteiger partial charge is 0.366 e. The number of amides is 1. The summed E-state index contributed by atoms with van der Waals surface area (Å²) in [5.41, 5.74) is 6.06. The average molecular weight is 226 g/mol. The number of thiophene rings is 1. The first-order valence-electron chi connectivity index (χ1n) is 4.96. The van der Waals surface area contributed by atoms with Crippen LogP contribution in [0.5, 0.6) is 0 Å². The molecule has 1 aromatic heterocycles. The molecule has 0 saturated carbocycles. The van der Waals surface area contributed by atoms with Gasteiger partial charge in [0.25, 0.3) is 0 Å². The van der Waals surface area contributed by atoms with Crippen LogP contribution in [0.3, 0.4) is 0 Å². The lowest BCUT2D eigenvalue weighted by Crippen LogP contribution is -2.26. The van der Waals surface area contributed by atoms with Gasteiger partial charge in [-0.25, -0.2) is 0 Å². The zero-order valence-corrected chi connectivity index (χ0v) is 10.3. The van der Waals surface area contributed by atoms with E-state index in [0.29, 0.717) is 5.56 Å². The number of hydrogen-bond acceptors (Lipinski definition) is 3. The molecule has 1 amide bonds. The van der Waals surface area contributed by atoms with Crippen LogP contribution in [-0.2, 0) is 6.54 Å². The molecule has 1 rings (SSSR count). The van der Waals surface area contributed by atoms with Crippen molar-refractivity contribution in [2.45, 2.75) is 27.3 Å². The molecule has 0 atom stereocenters. The van der Waals surface area contributed by atoms with E-state index >= 15 is 0 Å². The van der Waals surface area contributed by atoms with Gasteiger partial charge in [0.15, 0.2) is 0 Å². The summed E-state index contributed by atoms with van der Waals surface area (Å²) < 4.78 is 0. The van der Waals surface area contributed by atoms with E-state index in [9.17, 15) is 4.79 Å². The highest BCUT2D eigenvalue weighted by atomic mass is 32.1. The molecular formula is C11H18N2OS. The fraction of sp³-hybridized carbons (Fsp3) is 0.545. The minimum atomic E-state index is -0.353. The summed E-state index contributed by atoms with van der Waals surface area (Å²) in [4.78, 5) is 12.0. The summed E-state index contributed by atoms with van der Waals surface area (Å²) in [6.45, 7) is 8.31. The summed E-state index contributed by atoms with van der Waals surface area (Å²) >= 11 is 1.57. The van der Waals surface area contributed by atoms with E-state index in [0.717, 1.165) is 18.0 Å². The van der Waals surface area contributed by atoms with Crippen molar-refractivity contribution in [2.24, 2.45) is 11.1 Å². The number of carbonyl (C=O) groups is 1. The van der Waals surface area contributed by atoms with Gasteiger partial charge in [0.1, 0.15) is 0 Å². The number of primary amides is 1. The number of carbonyl (C=O) groups excluding carboxylic acids is 1. The molecule has 1 aromatic rings. The highest BCUT2D eigenvalue weighted by Gasteiger charge is 2.09. The maximum absolute atomic E-state index is 10.9. The van der Waals surface area contributed by atoms with Gasteiger partial charge in [-0.2, -0.15) is 0 Å². The Kier molecular flexibility index (Phi) is 3.88. The van der Waals surface area contributed by atoms with Crippen molar-refractivity contribution in [3.05, 3.63) is 21.9 Å². The number of rotatable bonds is 4. The third-order valence-electron chi connectivity index (χ3n) is 1.89. The summed E-state index contributed by atoms with van der Waals surface area (Å²) in [5.74, 6) is -0.353. The van der Waals surface area contributed by atoms with Crippen molar-refractivity contribution in [2.75, 3.05) is 6.54 Å². The van der Waals surface area contributed by atoms with E-state index in [1.165, 1.54) is 0 Å². The van der Waals surface area contributed by atoms with E-state index in [-0.39, 0.29) is 11.3 Å². The van der Waals surface area contributed by atoms with Crippen LogP contribution in [0.1, 0.15) is 36.0 Å². The Morgan fingerprint density at radius 3 is 2.67 bits per heavy atom. The van der Waals surface area contributed by atoms with E-state index in [2.05, 4.69) is 26.1 Å².